The van der Waals surface area contributed by atoms with E-state index in [2.05, 4.69) is 17.2 Å². The van der Waals surface area contributed by atoms with Gasteiger partial charge in [0.2, 0.25) is 5.91 Å². The Morgan fingerprint density at radius 1 is 1.30 bits per heavy atom. The standard InChI is InChI=1S/C15H29N2O5P/c1-3-9-14(2)22-23(19,20)21-13-7-5-4-6-12-17-15(18)10-8-11-16/h14H,4-8,10-13,16H2,1-2H3,(H,17,18)(H,19,20). The van der Waals surface area contributed by atoms with E-state index in [0.717, 1.165) is 19.3 Å². The van der Waals surface area contributed by atoms with E-state index in [4.69, 9.17) is 14.8 Å². The molecule has 2 unspecified atom stereocenters. The Balaban J connectivity index is 3.56. The lowest BCUT2D eigenvalue weighted by atomic mass is 10.2. The van der Waals surface area contributed by atoms with Gasteiger partial charge in [-0.1, -0.05) is 18.8 Å². The number of nitrogens with two attached hydrogens (primary N) is 1. The molecule has 8 heteroatoms. The first-order valence-electron chi connectivity index (χ1n) is 7.96. The minimum atomic E-state index is -4.03. The van der Waals surface area contributed by atoms with Gasteiger partial charge in [0, 0.05) is 13.0 Å². The topological polar surface area (TPSA) is 111 Å². The van der Waals surface area contributed by atoms with Crippen LogP contribution in [0.3, 0.4) is 0 Å². The molecule has 0 rings (SSSR count). The van der Waals surface area contributed by atoms with Crippen molar-refractivity contribution in [2.24, 2.45) is 5.73 Å². The molecule has 4 N–H and O–H groups in total. The Bertz CT molecular complexity index is 433. The van der Waals surface area contributed by atoms with Crippen molar-refractivity contribution in [1.82, 2.24) is 5.32 Å². The van der Waals surface area contributed by atoms with Gasteiger partial charge in [0.15, 0.2) is 0 Å². The van der Waals surface area contributed by atoms with Crippen LogP contribution < -0.4 is 11.1 Å². The highest BCUT2D eigenvalue weighted by atomic mass is 31.2. The second kappa shape index (κ2) is 13.5. The maximum atomic E-state index is 11.6. The smallest absolute Gasteiger partial charge is 0.356 e. The van der Waals surface area contributed by atoms with Gasteiger partial charge in [0.1, 0.15) is 6.10 Å². The molecule has 0 bridgehead atoms. The number of hydrogen-bond donors (Lipinski definition) is 3. The van der Waals surface area contributed by atoms with Crippen molar-refractivity contribution in [2.75, 3.05) is 19.7 Å². The molecule has 0 aromatic carbocycles. The number of rotatable bonds is 13. The van der Waals surface area contributed by atoms with E-state index in [1.54, 1.807) is 13.8 Å². The molecular formula is C15H29N2O5P. The van der Waals surface area contributed by atoms with Crippen LogP contribution in [-0.4, -0.2) is 36.6 Å². The van der Waals surface area contributed by atoms with Crippen molar-refractivity contribution in [2.45, 2.75) is 58.5 Å². The average molecular weight is 348 g/mol. The van der Waals surface area contributed by atoms with E-state index in [0.29, 0.717) is 32.4 Å². The summed E-state index contributed by atoms with van der Waals surface area (Å²) in [7, 11) is -4.03. The highest BCUT2D eigenvalue weighted by Gasteiger charge is 2.23. The molecule has 0 saturated heterocycles. The minimum absolute atomic E-state index is 0.0291. The van der Waals surface area contributed by atoms with Gasteiger partial charge in [0.25, 0.3) is 0 Å². The van der Waals surface area contributed by atoms with Crippen LogP contribution in [0.1, 0.15) is 52.4 Å². The minimum Gasteiger partial charge on any atom is -0.356 e. The highest BCUT2D eigenvalue weighted by molar-refractivity contribution is 7.47. The number of phosphoric acid groups is 1. The largest absolute Gasteiger partial charge is 0.473 e. The van der Waals surface area contributed by atoms with Gasteiger partial charge in [-0.3, -0.25) is 13.8 Å². The van der Waals surface area contributed by atoms with E-state index in [1.165, 1.54) is 0 Å². The van der Waals surface area contributed by atoms with Gasteiger partial charge in [-0.15, -0.1) is 5.92 Å². The lowest BCUT2D eigenvalue weighted by Crippen LogP contribution is -2.24. The maximum absolute atomic E-state index is 11.6. The molecular weight excluding hydrogens is 319 g/mol. The third-order valence-electron chi connectivity index (χ3n) is 2.89. The van der Waals surface area contributed by atoms with Gasteiger partial charge in [-0.2, -0.15) is 0 Å². The third-order valence-corrected chi connectivity index (χ3v) is 3.99. The first kappa shape index (κ1) is 22.1. The molecule has 0 aliphatic heterocycles. The highest BCUT2D eigenvalue weighted by Crippen LogP contribution is 2.44. The molecule has 7 nitrogen and oxygen atoms in total. The molecule has 0 aliphatic rings. The summed E-state index contributed by atoms with van der Waals surface area (Å²) in [5.41, 5.74) is 5.33. The third kappa shape index (κ3) is 14.4. The molecule has 0 aromatic heterocycles. The van der Waals surface area contributed by atoms with E-state index in [-0.39, 0.29) is 12.5 Å². The first-order valence-corrected chi connectivity index (χ1v) is 9.45. The normalized spacial score (nSPS) is 14.4. The van der Waals surface area contributed by atoms with Crippen molar-refractivity contribution in [3.05, 3.63) is 0 Å². The second-order valence-electron chi connectivity index (χ2n) is 5.10. The van der Waals surface area contributed by atoms with Crippen molar-refractivity contribution in [3.63, 3.8) is 0 Å². The predicted octanol–water partition coefficient (Wildman–Crippen LogP) is 1.95. The van der Waals surface area contributed by atoms with Gasteiger partial charge in [0.05, 0.1) is 6.61 Å². The lowest BCUT2D eigenvalue weighted by Gasteiger charge is -2.13. The summed E-state index contributed by atoms with van der Waals surface area (Å²) >= 11 is 0. The van der Waals surface area contributed by atoms with Crippen LogP contribution in [0.25, 0.3) is 0 Å². The summed E-state index contributed by atoms with van der Waals surface area (Å²) in [5.74, 6) is 5.26. The molecule has 0 saturated carbocycles. The molecule has 0 fully saturated rings. The maximum Gasteiger partial charge on any atom is 0.473 e. The molecule has 1 amide bonds. The van der Waals surface area contributed by atoms with Crippen LogP contribution >= 0.6 is 7.82 Å². The summed E-state index contributed by atoms with van der Waals surface area (Å²) in [6.07, 6.45) is 3.82. The molecule has 134 valence electrons. The molecule has 0 heterocycles. The van der Waals surface area contributed by atoms with Gasteiger partial charge < -0.3 is 15.9 Å². The van der Waals surface area contributed by atoms with Gasteiger partial charge in [-0.05, 0) is 39.7 Å². The van der Waals surface area contributed by atoms with E-state index < -0.39 is 13.9 Å². The first-order chi connectivity index (χ1) is 10.9. The zero-order valence-corrected chi connectivity index (χ0v) is 14.9. The average Bonchev–Trinajstić information content (AvgIpc) is 2.47. The number of hydrogen-bond acceptors (Lipinski definition) is 5. The van der Waals surface area contributed by atoms with E-state index >= 15 is 0 Å². The van der Waals surface area contributed by atoms with Crippen LogP contribution in [-0.2, 0) is 18.4 Å². The van der Waals surface area contributed by atoms with Crippen LogP contribution in [0.4, 0.5) is 0 Å². The van der Waals surface area contributed by atoms with Gasteiger partial charge in [-0.25, -0.2) is 4.57 Å². The Hall–Kier alpha value is -0.900. The van der Waals surface area contributed by atoms with Crippen molar-refractivity contribution < 1.29 is 23.3 Å². The van der Waals surface area contributed by atoms with Crippen LogP contribution in [0.5, 0.6) is 0 Å². The van der Waals surface area contributed by atoms with Crippen LogP contribution in [0, 0.1) is 11.8 Å². The number of amides is 1. The Labute approximate surface area is 138 Å². The summed E-state index contributed by atoms with van der Waals surface area (Å²) in [6.45, 7) is 4.53. The number of carbonyl (C=O) groups is 1. The Kier molecular flexibility index (Phi) is 13.0. The monoisotopic (exact) mass is 348 g/mol. The quantitative estimate of drug-likeness (QED) is 0.266. The number of nitrogens with one attached hydrogen (secondary N) is 1. The Morgan fingerprint density at radius 3 is 2.65 bits per heavy atom. The summed E-state index contributed by atoms with van der Waals surface area (Å²) in [5, 5.41) is 2.82. The van der Waals surface area contributed by atoms with Gasteiger partial charge >= 0.3 is 7.82 Å². The zero-order valence-electron chi connectivity index (χ0n) is 14.0. The fourth-order valence-electron chi connectivity index (χ4n) is 1.80. The lowest BCUT2D eigenvalue weighted by molar-refractivity contribution is -0.121. The zero-order chi connectivity index (χ0) is 17.6. The van der Waals surface area contributed by atoms with E-state index in [1.807, 2.05) is 0 Å². The van der Waals surface area contributed by atoms with Crippen molar-refractivity contribution in [1.29, 1.82) is 0 Å². The molecule has 0 aromatic rings. The SMILES string of the molecule is CC#CC(C)OP(=O)(O)OCCCCCCNC(=O)CCCN. The molecule has 0 radical (unpaired) electrons. The van der Waals surface area contributed by atoms with Crippen molar-refractivity contribution >= 4 is 13.7 Å². The van der Waals surface area contributed by atoms with E-state index in [9.17, 15) is 14.3 Å². The fourth-order valence-corrected chi connectivity index (χ4v) is 2.67. The molecule has 2 atom stereocenters. The summed E-state index contributed by atoms with van der Waals surface area (Å²) in [6, 6.07) is 0. The summed E-state index contributed by atoms with van der Waals surface area (Å²) in [4.78, 5) is 20.8. The predicted molar refractivity (Wildman–Crippen MR) is 89.5 cm³/mol. The Morgan fingerprint density at radius 2 is 2.00 bits per heavy atom. The van der Waals surface area contributed by atoms with Crippen LogP contribution in [0.15, 0.2) is 0 Å². The van der Waals surface area contributed by atoms with Crippen molar-refractivity contribution in [3.8, 4) is 11.8 Å². The number of unbranched alkanes of at least 4 members (excludes halogenated alkanes) is 3. The van der Waals surface area contributed by atoms with Crippen LogP contribution in [0.2, 0.25) is 0 Å². The molecule has 23 heavy (non-hydrogen) atoms. The number of phosphoric ester groups is 1. The second-order valence-corrected chi connectivity index (χ2v) is 6.51. The molecule has 0 aliphatic carbocycles. The number of carbonyl (C=O) groups excluding carboxylic acids is 1. The fraction of sp³-hybridized carbons (Fsp3) is 0.800. The molecule has 0 spiro atoms. The summed E-state index contributed by atoms with van der Waals surface area (Å²) < 4.78 is 21.3.